The highest BCUT2D eigenvalue weighted by molar-refractivity contribution is 5.25. The van der Waals surface area contributed by atoms with Gasteiger partial charge in [0.1, 0.15) is 0 Å². The molecule has 1 saturated carbocycles. The van der Waals surface area contributed by atoms with Gasteiger partial charge in [0.05, 0.1) is 6.10 Å². The Hall–Kier alpha value is -0.860. The molecular weight excluding hydrogens is 162 g/mol. The number of aliphatic hydroxyl groups is 1. The number of aliphatic hydroxyl groups excluding tert-OH is 1. The molecule has 0 bridgehead atoms. The van der Waals surface area contributed by atoms with Crippen molar-refractivity contribution < 1.29 is 5.11 Å². The van der Waals surface area contributed by atoms with Crippen LogP contribution in [0.25, 0.3) is 0 Å². The van der Waals surface area contributed by atoms with Gasteiger partial charge in [0.15, 0.2) is 0 Å². The number of benzene rings is 1. The summed E-state index contributed by atoms with van der Waals surface area (Å²) in [6.45, 7) is 0.569. The minimum Gasteiger partial charge on any atom is -0.388 e. The summed E-state index contributed by atoms with van der Waals surface area (Å²) in [5, 5.41) is 9.79. The monoisotopic (exact) mass is 177 g/mol. The van der Waals surface area contributed by atoms with E-state index in [2.05, 4.69) is 0 Å². The Morgan fingerprint density at radius 3 is 2.38 bits per heavy atom. The van der Waals surface area contributed by atoms with E-state index in [-0.39, 0.29) is 6.10 Å². The molecule has 1 atom stereocenters. The molecule has 1 aliphatic rings. The molecule has 2 nitrogen and oxygen atoms in total. The van der Waals surface area contributed by atoms with Gasteiger partial charge in [-0.05, 0) is 29.9 Å². The molecule has 0 aliphatic heterocycles. The molecule has 1 fully saturated rings. The lowest BCUT2D eigenvalue weighted by molar-refractivity contribution is 0.154. The first kappa shape index (κ1) is 8.73. The third-order valence-electron chi connectivity index (χ3n) is 2.63. The van der Waals surface area contributed by atoms with Crippen molar-refractivity contribution in [3.05, 3.63) is 35.4 Å². The molecular formula is C11H15NO. The maximum absolute atomic E-state index is 9.79. The number of rotatable bonds is 3. The zero-order chi connectivity index (χ0) is 9.26. The third kappa shape index (κ3) is 1.90. The van der Waals surface area contributed by atoms with Gasteiger partial charge in [-0.25, -0.2) is 0 Å². The van der Waals surface area contributed by atoms with Crippen molar-refractivity contribution in [3.63, 3.8) is 0 Å². The van der Waals surface area contributed by atoms with Crippen molar-refractivity contribution in [1.29, 1.82) is 0 Å². The number of nitrogens with two attached hydrogens (primary N) is 1. The van der Waals surface area contributed by atoms with Crippen LogP contribution in [-0.2, 0) is 6.54 Å². The highest BCUT2D eigenvalue weighted by atomic mass is 16.3. The first-order chi connectivity index (χ1) is 6.31. The molecule has 1 aromatic rings. The molecule has 0 heterocycles. The van der Waals surface area contributed by atoms with E-state index >= 15 is 0 Å². The van der Waals surface area contributed by atoms with Crippen LogP contribution in [0.1, 0.15) is 30.1 Å². The second-order valence-electron chi connectivity index (χ2n) is 3.73. The van der Waals surface area contributed by atoms with E-state index in [4.69, 9.17) is 5.73 Å². The minimum absolute atomic E-state index is 0.258. The highest BCUT2D eigenvalue weighted by Gasteiger charge is 2.30. The van der Waals surface area contributed by atoms with Crippen molar-refractivity contribution in [3.8, 4) is 0 Å². The first-order valence-electron chi connectivity index (χ1n) is 4.78. The standard InChI is InChI=1S/C11H15NO/c12-7-8-1-3-9(4-2-8)11(13)10-5-6-10/h1-4,10-11,13H,5-7,12H2. The first-order valence-corrected chi connectivity index (χ1v) is 4.78. The average molecular weight is 177 g/mol. The zero-order valence-corrected chi connectivity index (χ0v) is 7.61. The number of hydrogen-bond donors (Lipinski definition) is 2. The van der Waals surface area contributed by atoms with Crippen LogP contribution < -0.4 is 5.73 Å². The molecule has 1 aliphatic carbocycles. The lowest BCUT2D eigenvalue weighted by atomic mass is 10.0. The fourth-order valence-corrected chi connectivity index (χ4v) is 1.54. The maximum Gasteiger partial charge on any atom is 0.0818 e. The van der Waals surface area contributed by atoms with Crippen LogP contribution in [0.5, 0.6) is 0 Å². The molecule has 2 heteroatoms. The molecule has 1 unspecified atom stereocenters. The molecule has 1 aromatic carbocycles. The van der Waals surface area contributed by atoms with Crippen molar-refractivity contribution in [2.75, 3.05) is 0 Å². The Morgan fingerprint density at radius 2 is 1.92 bits per heavy atom. The van der Waals surface area contributed by atoms with Crippen LogP contribution in [0.3, 0.4) is 0 Å². The summed E-state index contributed by atoms with van der Waals surface area (Å²) in [7, 11) is 0. The van der Waals surface area contributed by atoms with Crippen LogP contribution in [0, 0.1) is 5.92 Å². The fraction of sp³-hybridized carbons (Fsp3) is 0.455. The predicted octanol–water partition coefficient (Wildman–Crippen LogP) is 1.59. The van der Waals surface area contributed by atoms with Gasteiger partial charge in [0.2, 0.25) is 0 Å². The van der Waals surface area contributed by atoms with Crippen LogP contribution in [0.4, 0.5) is 0 Å². The Bertz CT molecular complexity index is 277. The van der Waals surface area contributed by atoms with Crippen molar-refractivity contribution >= 4 is 0 Å². The third-order valence-corrected chi connectivity index (χ3v) is 2.63. The predicted molar refractivity (Wildman–Crippen MR) is 52.0 cm³/mol. The summed E-state index contributed by atoms with van der Waals surface area (Å²) in [6.07, 6.45) is 2.08. The second kappa shape index (κ2) is 3.48. The van der Waals surface area contributed by atoms with Crippen molar-refractivity contribution in [2.45, 2.75) is 25.5 Å². The molecule has 0 saturated heterocycles. The van der Waals surface area contributed by atoms with Crippen molar-refractivity contribution in [1.82, 2.24) is 0 Å². The summed E-state index contributed by atoms with van der Waals surface area (Å²) in [4.78, 5) is 0. The molecule has 70 valence electrons. The van der Waals surface area contributed by atoms with E-state index in [1.54, 1.807) is 0 Å². The van der Waals surface area contributed by atoms with Crippen LogP contribution in [0.15, 0.2) is 24.3 Å². The normalized spacial score (nSPS) is 18.6. The lowest BCUT2D eigenvalue weighted by Crippen LogP contribution is -2.01. The molecule has 0 aromatic heterocycles. The van der Waals surface area contributed by atoms with Gasteiger partial charge in [-0.1, -0.05) is 24.3 Å². The number of hydrogen-bond acceptors (Lipinski definition) is 2. The molecule has 13 heavy (non-hydrogen) atoms. The summed E-state index contributed by atoms with van der Waals surface area (Å²) in [6, 6.07) is 7.93. The second-order valence-corrected chi connectivity index (χ2v) is 3.73. The Labute approximate surface area is 78.4 Å². The molecule has 2 rings (SSSR count). The summed E-state index contributed by atoms with van der Waals surface area (Å²) >= 11 is 0. The summed E-state index contributed by atoms with van der Waals surface area (Å²) < 4.78 is 0. The molecule has 3 N–H and O–H groups in total. The van der Waals surface area contributed by atoms with E-state index in [9.17, 15) is 5.11 Å². The fourth-order valence-electron chi connectivity index (χ4n) is 1.54. The van der Waals surface area contributed by atoms with Crippen LogP contribution in [0.2, 0.25) is 0 Å². The quantitative estimate of drug-likeness (QED) is 0.736. The SMILES string of the molecule is NCc1ccc(C(O)C2CC2)cc1. The average Bonchev–Trinajstić information content (AvgIpc) is 3.00. The Morgan fingerprint density at radius 1 is 1.31 bits per heavy atom. The highest BCUT2D eigenvalue weighted by Crippen LogP contribution is 2.40. The van der Waals surface area contributed by atoms with E-state index < -0.39 is 0 Å². The van der Waals surface area contributed by atoms with E-state index in [1.165, 1.54) is 12.8 Å². The van der Waals surface area contributed by atoms with Gasteiger partial charge < -0.3 is 10.8 Å². The van der Waals surface area contributed by atoms with Gasteiger partial charge in [-0.15, -0.1) is 0 Å². The largest absolute Gasteiger partial charge is 0.388 e. The van der Waals surface area contributed by atoms with Gasteiger partial charge in [-0.2, -0.15) is 0 Å². The maximum atomic E-state index is 9.79. The van der Waals surface area contributed by atoms with Crippen LogP contribution >= 0.6 is 0 Å². The Kier molecular flexibility index (Phi) is 2.34. The van der Waals surface area contributed by atoms with E-state index in [0.29, 0.717) is 12.5 Å². The smallest absolute Gasteiger partial charge is 0.0818 e. The van der Waals surface area contributed by atoms with Gasteiger partial charge in [-0.3, -0.25) is 0 Å². The van der Waals surface area contributed by atoms with Gasteiger partial charge in [0, 0.05) is 6.54 Å². The summed E-state index contributed by atoms with van der Waals surface area (Å²) in [5.41, 5.74) is 7.63. The Balaban J connectivity index is 2.11. The van der Waals surface area contributed by atoms with Gasteiger partial charge >= 0.3 is 0 Å². The van der Waals surface area contributed by atoms with E-state index in [1.807, 2.05) is 24.3 Å². The lowest BCUT2D eigenvalue weighted by Gasteiger charge is -2.09. The molecule has 0 amide bonds. The minimum atomic E-state index is -0.258. The molecule has 0 radical (unpaired) electrons. The topological polar surface area (TPSA) is 46.2 Å². The van der Waals surface area contributed by atoms with Gasteiger partial charge in [0.25, 0.3) is 0 Å². The van der Waals surface area contributed by atoms with Crippen LogP contribution in [-0.4, -0.2) is 5.11 Å². The summed E-state index contributed by atoms with van der Waals surface area (Å²) in [5.74, 6) is 0.503. The molecule has 0 spiro atoms. The zero-order valence-electron chi connectivity index (χ0n) is 7.61. The van der Waals surface area contributed by atoms with E-state index in [0.717, 1.165) is 11.1 Å². The van der Waals surface area contributed by atoms with Crippen molar-refractivity contribution in [2.24, 2.45) is 11.7 Å².